The summed E-state index contributed by atoms with van der Waals surface area (Å²) in [5.74, 6) is -1.78. The van der Waals surface area contributed by atoms with Crippen molar-refractivity contribution < 1.29 is 24.5 Å². The smallest absolute Gasteiger partial charge is 0.312 e. The molecule has 0 aliphatic heterocycles. The second-order valence-electron chi connectivity index (χ2n) is 6.66. The summed E-state index contributed by atoms with van der Waals surface area (Å²) in [7, 11) is 0. The highest BCUT2D eigenvalue weighted by molar-refractivity contribution is 9.10. The lowest BCUT2D eigenvalue weighted by atomic mass is 10.1. The molecule has 34 heavy (non-hydrogen) atoms. The molecule has 0 unspecified atom stereocenters. The van der Waals surface area contributed by atoms with Crippen molar-refractivity contribution in [3.63, 3.8) is 0 Å². The summed E-state index contributed by atoms with van der Waals surface area (Å²) in [6.45, 7) is 0. The van der Waals surface area contributed by atoms with Crippen LogP contribution in [-0.2, 0) is 0 Å². The highest BCUT2D eigenvalue weighted by atomic mass is 79.9. The number of carbonyl (C=O) groups excluding carboxylic acids is 2. The molecular formula is C21H14BrN5O7. The second kappa shape index (κ2) is 10.3. The molecule has 0 saturated heterocycles. The number of hydrazone groups is 1. The third kappa shape index (κ3) is 5.77. The van der Waals surface area contributed by atoms with Gasteiger partial charge in [-0.15, -0.1) is 0 Å². The molecule has 3 aromatic rings. The van der Waals surface area contributed by atoms with Crippen molar-refractivity contribution in [2.75, 3.05) is 5.32 Å². The number of aromatic hydroxyl groups is 1. The summed E-state index contributed by atoms with van der Waals surface area (Å²) in [6.07, 6.45) is 1.05. The van der Waals surface area contributed by atoms with Crippen LogP contribution >= 0.6 is 15.9 Å². The lowest BCUT2D eigenvalue weighted by Gasteiger charge is -2.06. The Morgan fingerprint density at radius 2 is 1.65 bits per heavy atom. The molecule has 0 aromatic heterocycles. The number of hydrogen-bond donors (Lipinski definition) is 3. The third-order valence-corrected chi connectivity index (χ3v) is 4.83. The average Bonchev–Trinajstić information content (AvgIpc) is 2.81. The first-order valence-electron chi connectivity index (χ1n) is 9.32. The molecule has 0 heterocycles. The van der Waals surface area contributed by atoms with Crippen LogP contribution in [0.25, 0.3) is 0 Å². The Bertz CT molecular complexity index is 1330. The van der Waals surface area contributed by atoms with Crippen molar-refractivity contribution in [3.05, 3.63) is 102 Å². The Morgan fingerprint density at radius 3 is 2.29 bits per heavy atom. The van der Waals surface area contributed by atoms with Crippen LogP contribution in [0.2, 0.25) is 0 Å². The van der Waals surface area contributed by atoms with Gasteiger partial charge in [-0.05, 0) is 36.4 Å². The topological polar surface area (TPSA) is 177 Å². The van der Waals surface area contributed by atoms with Crippen LogP contribution in [0.15, 0.2) is 70.2 Å². The maximum Gasteiger partial charge on any atom is 0.312 e. The maximum atomic E-state index is 12.3. The molecule has 0 fully saturated rings. The van der Waals surface area contributed by atoms with Gasteiger partial charge in [0.2, 0.25) is 5.75 Å². The summed E-state index contributed by atoms with van der Waals surface area (Å²) in [5.41, 5.74) is 2.14. The van der Waals surface area contributed by atoms with Crippen LogP contribution in [0.5, 0.6) is 5.75 Å². The quantitative estimate of drug-likeness (QED) is 0.236. The van der Waals surface area contributed by atoms with Gasteiger partial charge in [-0.25, -0.2) is 5.43 Å². The fourth-order valence-corrected chi connectivity index (χ4v) is 3.20. The van der Waals surface area contributed by atoms with Crippen LogP contribution in [0.3, 0.4) is 0 Å². The van der Waals surface area contributed by atoms with Gasteiger partial charge in [0.25, 0.3) is 17.5 Å². The molecule has 0 saturated carbocycles. The lowest BCUT2D eigenvalue weighted by molar-refractivity contribution is -0.386. The van der Waals surface area contributed by atoms with Gasteiger partial charge >= 0.3 is 5.69 Å². The zero-order valence-corrected chi connectivity index (χ0v) is 18.6. The highest BCUT2D eigenvalue weighted by Crippen LogP contribution is 2.32. The number of rotatable bonds is 7. The summed E-state index contributed by atoms with van der Waals surface area (Å²) in [4.78, 5) is 45.0. The number of amides is 2. The van der Waals surface area contributed by atoms with Gasteiger partial charge in [0.05, 0.1) is 16.1 Å². The Kier molecular flexibility index (Phi) is 7.28. The van der Waals surface area contributed by atoms with Crippen molar-refractivity contribution in [1.29, 1.82) is 0 Å². The van der Waals surface area contributed by atoms with E-state index in [1.54, 1.807) is 0 Å². The van der Waals surface area contributed by atoms with Crippen LogP contribution in [0.1, 0.15) is 26.3 Å². The number of nitro benzene ring substituents is 2. The molecule has 2 amide bonds. The minimum absolute atomic E-state index is 0.0144. The first kappa shape index (κ1) is 24.0. The van der Waals surface area contributed by atoms with Crippen LogP contribution in [0, 0.1) is 20.2 Å². The summed E-state index contributed by atoms with van der Waals surface area (Å²) in [6, 6.07) is 13.5. The number of non-ortho nitro benzene ring substituents is 1. The Balaban J connectivity index is 1.64. The van der Waals surface area contributed by atoms with E-state index in [1.807, 2.05) is 0 Å². The Hall–Kier alpha value is -4.65. The molecular weight excluding hydrogens is 514 g/mol. The first-order chi connectivity index (χ1) is 16.2. The molecule has 3 rings (SSSR count). The molecule has 3 N–H and O–H groups in total. The van der Waals surface area contributed by atoms with Gasteiger partial charge < -0.3 is 10.4 Å². The van der Waals surface area contributed by atoms with Crippen molar-refractivity contribution in [2.45, 2.75) is 0 Å². The van der Waals surface area contributed by atoms with Crippen molar-refractivity contribution >= 4 is 51.0 Å². The first-order valence-corrected chi connectivity index (χ1v) is 10.1. The Labute approximate surface area is 199 Å². The molecule has 0 spiro atoms. The number of nitro groups is 2. The minimum atomic E-state index is -0.755. The molecule has 13 heteroatoms. The number of nitrogens with one attached hydrogen (secondary N) is 2. The number of phenols is 1. The molecule has 3 aromatic carbocycles. The molecule has 0 radical (unpaired) electrons. The number of halogens is 1. The number of phenolic OH excluding ortho intramolecular Hbond substituents is 1. The summed E-state index contributed by atoms with van der Waals surface area (Å²) < 4.78 is 0.340. The Morgan fingerprint density at radius 1 is 0.941 bits per heavy atom. The van der Waals surface area contributed by atoms with E-state index in [1.165, 1.54) is 48.5 Å². The molecule has 0 aliphatic carbocycles. The van der Waals surface area contributed by atoms with Gasteiger partial charge in [-0.1, -0.05) is 22.0 Å². The fourth-order valence-electron chi connectivity index (χ4n) is 2.74. The SMILES string of the molecule is O=C(NN=Cc1cc(Br)cc([N+](=O)[O-])c1O)c1ccc(NC(=O)c2cccc([N+](=O)[O-])c2)cc1. The van der Waals surface area contributed by atoms with Gasteiger partial charge in [-0.3, -0.25) is 29.8 Å². The fraction of sp³-hybridized carbons (Fsp3) is 0. The highest BCUT2D eigenvalue weighted by Gasteiger charge is 2.18. The number of nitrogens with zero attached hydrogens (tertiary/aromatic N) is 3. The molecule has 12 nitrogen and oxygen atoms in total. The van der Waals surface area contributed by atoms with E-state index in [0.29, 0.717) is 10.2 Å². The van der Waals surface area contributed by atoms with Crippen LogP contribution < -0.4 is 10.7 Å². The predicted octanol–water partition coefficient (Wildman–Crippen LogP) is 3.99. The number of carbonyl (C=O) groups is 2. The number of anilines is 1. The molecule has 0 bridgehead atoms. The second-order valence-corrected chi connectivity index (χ2v) is 7.57. The van der Waals surface area contributed by atoms with Gasteiger partial charge in [0.1, 0.15) is 0 Å². The zero-order chi connectivity index (χ0) is 24.8. The van der Waals surface area contributed by atoms with Gasteiger partial charge in [0.15, 0.2) is 0 Å². The van der Waals surface area contributed by atoms with Crippen LogP contribution in [-0.4, -0.2) is 33.0 Å². The molecule has 172 valence electrons. The zero-order valence-electron chi connectivity index (χ0n) is 17.0. The third-order valence-electron chi connectivity index (χ3n) is 4.37. The van der Waals surface area contributed by atoms with Gasteiger partial charge in [0, 0.05) is 45.0 Å². The standard InChI is InChI=1S/C21H14BrN5O7/c22-15-8-14(19(28)18(10-15)27(33)34)11-23-25-21(30)12-4-6-16(7-5-12)24-20(29)13-2-1-3-17(9-13)26(31)32/h1-11,28H,(H,24,29)(H,25,30). The lowest BCUT2D eigenvalue weighted by Crippen LogP contribution is -2.18. The van der Waals surface area contributed by atoms with E-state index in [-0.39, 0.29) is 22.4 Å². The normalized spacial score (nSPS) is 10.6. The molecule has 0 atom stereocenters. The molecule has 0 aliphatic rings. The van der Waals surface area contributed by atoms with Crippen molar-refractivity contribution in [1.82, 2.24) is 5.43 Å². The minimum Gasteiger partial charge on any atom is -0.502 e. The summed E-state index contributed by atoms with van der Waals surface area (Å²) in [5, 5.41) is 38.0. The van der Waals surface area contributed by atoms with Gasteiger partial charge in [-0.2, -0.15) is 5.10 Å². The van der Waals surface area contributed by atoms with E-state index in [0.717, 1.165) is 18.3 Å². The predicted molar refractivity (Wildman–Crippen MR) is 125 cm³/mol. The van der Waals surface area contributed by atoms with E-state index in [9.17, 15) is 34.9 Å². The monoisotopic (exact) mass is 527 g/mol. The van der Waals surface area contributed by atoms with E-state index < -0.39 is 33.1 Å². The van der Waals surface area contributed by atoms with E-state index in [4.69, 9.17) is 0 Å². The number of hydrogen-bond acceptors (Lipinski definition) is 8. The van der Waals surface area contributed by atoms with Crippen molar-refractivity contribution in [2.24, 2.45) is 5.10 Å². The average molecular weight is 528 g/mol. The van der Waals surface area contributed by atoms with Crippen molar-refractivity contribution in [3.8, 4) is 5.75 Å². The van der Waals surface area contributed by atoms with Crippen LogP contribution in [0.4, 0.5) is 17.1 Å². The largest absolute Gasteiger partial charge is 0.502 e. The van der Waals surface area contributed by atoms with E-state index in [2.05, 4.69) is 31.8 Å². The van der Waals surface area contributed by atoms with E-state index >= 15 is 0 Å². The maximum absolute atomic E-state index is 12.3. The number of benzene rings is 3. The summed E-state index contributed by atoms with van der Waals surface area (Å²) >= 11 is 3.10.